The molecule has 1 aromatic heterocycles. The highest BCUT2D eigenvalue weighted by atomic mass is 35.5. The molecule has 26 heavy (non-hydrogen) atoms. The summed E-state index contributed by atoms with van der Waals surface area (Å²) < 4.78 is 12.9. The number of nitrogens with zero attached hydrogens (tertiary/aromatic N) is 1. The normalized spacial score (nSPS) is 10.4. The van der Waals surface area contributed by atoms with Crippen molar-refractivity contribution in [2.45, 2.75) is 6.54 Å². The molecule has 3 rings (SSSR count). The number of benzene rings is 2. The van der Waals surface area contributed by atoms with E-state index >= 15 is 0 Å². The van der Waals surface area contributed by atoms with E-state index in [4.69, 9.17) is 23.2 Å². The molecule has 1 amide bonds. The van der Waals surface area contributed by atoms with Gasteiger partial charge in [0.25, 0.3) is 5.91 Å². The zero-order chi connectivity index (χ0) is 18.5. The van der Waals surface area contributed by atoms with Crippen LogP contribution in [0.2, 0.25) is 10.0 Å². The summed E-state index contributed by atoms with van der Waals surface area (Å²) >= 11 is 12.1. The van der Waals surface area contributed by atoms with Crippen LogP contribution in [0.1, 0.15) is 16.1 Å². The van der Waals surface area contributed by atoms with Crippen LogP contribution in [0.15, 0.2) is 60.8 Å². The minimum Gasteiger partial charge on any atom is -0.380 e. The molecule has 132 valence electrons. The van der Waals surface area contributed by atoms with Gasteiger partial charge in [0.05, 0.1) is 27.6 Å². The molecule has 0 aliphatic rings. The minimum atomic E-state index is -0.412. The van der Waals surface area contributed by atoms with Crippen molar-refractivity contribution in [2.75, 3.05) is 10.6 Å². The summed E-state index contributed by atoms with van der Waals surface area (Å²) in [5, 5.41) is 6.51. The van der Waals surface area contributed by atoms with Crippen molar-refractivity contribution in [1.29, 1.82) is 0 Å². The van der Waals surface area contributed by atoms with Gasteiger partial charge in [-0.05, 0) is 42.0 Å². The van der Waals surface area contributed by atoms with Gasteiger partial charge in [-0.1, -0.05) is 41.4 Å². The van der Waals surface area contributed by atoms with E-state index in [2.05, 4.69) is 15.6 Å². The molecule has 0 aliphatic carbocycles. The Bertz CT molecular complexity index is 895. The number of carbonyl (C=O) groups is 1. The number of aromatic nitrogens is 1. The first-order valence-corrected chi connectivity index (χ1v) is 8.48. The van der Waals surface area contributed by atoms with Gasteiger partial charge in [-0.15, -0.1) is 0 Å². The SMILES string of the molecule is O=C(Nc1c(Cl)cccc1Cl)c1ccc(NCc2ccc(F)cc2)cn1. The first kappa shape index (κ1) is 18.2. The summed E-state index contributed by atoms with van der Waals surface area (Å²) in [6.07, 6.45) is 1.55. The van der Waals surface area contributed by atoms with Crippen LogP contribution in [0.3, 0.4) is 0 Å². The lowest BCUT2D eigenvalue weighted by molar-refractivity contribution is 0.102. The standard InChI is InChI=1S/C19H14Cl2FN3O/c20-15-2-1-3-16(21)18(15)25-19(26)17-9-8-14(11-24-17)23-10-12-4-6-13(22)7-5-12/h1-9,11,23H,10H2,(H,25,26). The lowest BCUT2D eigenvalue weighted by Crippen LogP contribution is -2.14. The number of hydrogen-bond acceptors (Lipinski definition) is 3. The fraction of sp³-hybridized carbons (Fsp3) is 0.0526. The average molecular weight is 390 g/mol. The quantitative estimate of drug-likeness (QED) is 0.614. The Labute approximate surface area is 160 Å². The smallest absolute Gasteiger partial charge is 0.274 e. The number of hydrogen-bond donors (Lipinski definition) is 2. The van der Waals surface area contributed by atoms with Crippen LogP contribution in [0, 0.1) is 5.82 Å². The number of carbonyl (C=O) groups excluding carboxylic acids is 1. The summed E-state index contributed by atoms with van der Waals surface area (Å²) in [6.45, 7) is 0.517. The van der Waals surface area contributed by atoms with Gasteiger partial charge in [0.2, 0.25) is 0 Å². The summed E-state index contributed by atoms with van der Waals surface area (Å²) in [5.74, 6) is -0.686. The summed E-state index contributed by atoms with van der Waals surface area (Å²) in [6, 6.07) is 14.5. The van der Waals surface area contributed by atoms with Gasteiger partial charge in [0.15, 0.2) is 0 Å². The molecule has 0 saturated heterocycles. The molecule has 0 bridgehead atoms. The summed E-state index contributed by atoms with van der Waals surface area (Å²) in [7, 11) is 0. The van der Waals surface area contributed by atoms with Crippen molar-refractivity contribution < 1.29 is 9.18 Å². The third kappa shape index (κ3) is 4.50. The molecule has 0 saturated carbocycles. The van der Waals surface area contributed by atoms with E-state index < -0.39 is 5.91 Å². The highest BCUT2D eigenvalue weighted by molar-refractivity contribution is 6.39. The van der Waals surface area contributed by atoms with Crippen molar-refractivity contribution in [3.8, 4) is 0 Å². The van der Waals surface area contributed by atoms with Crippen LogP contribution >= 0.6 is 23.2 Å². The van der Waals surface area contributed by atoms with Gasteiger partial charge in [-0.25, -0.2) is 9.37 Å². The fourth-order valence-corrected chi connectivity index (χ4v) is 2.73. The van der Waals surface area contributed by atoms with E-state index in [9.17, 15) is 9.18 Å². The Hall–Kier alpha value is -2.63. The van der Waals surface area contributed by atoms with E-state index in [1.165, 1.54) is 12.1 Å². The molecule has 0 atom stereocenters. The van der Waals surface area contributed by atoms with Crippen molar-refractivity contribution in [2.24, 2.45) is 0 Å². The number of para-hydroxylation sites is 1. The van der Waals surface area contributed by atoms with Crippen LogP contribution in [0.25, 0.3) is 0 Å². The van der Waals surface area contributed by atoms with Gasteiger partial charge in [-0.3, -0.25) is 4.79 Å². The highest BCUT2D eigenvalue weighted by Crippen LogP contribution is 2.30. The Morgan fingerprint density at radius 3 is 2.31 bits per heavy atom. The lowest BCUT2D eigenvalue weighted by Gasteiger charge is -2.10. The average Bonchev–Trinajstić information content (AvgIpc) is 2.65. The second kappa shape index (κ2) is 8.17. The molecule has 2 N–H and O–H groups in total. The second-order valence-electron chi connectivity index (χ2n) is 5.46. The molecule has 0 spiro atoms. The van der Waals surface area contributed by atoms with Crippen LogP contribution < -0.4 is 10.6 Å². The number of nitrogens with one attached hydrogen (secondary N) is 2. The van der Waals surface area contributed by atoms with E-state index in [1.807, 2.05) is 0 Å². The molecule has 0 aliphatic heterocycles. The van der Waals surface area contributed by atoms with Gasteiger partial charge < -0.3 is 10.6 Å². The van der Waals surface area contributed by atoms with Crippen molar-refractivity contribution >= 4 is 40.5 Å². The summed E-state index contributed by atoms with van der Waals surface area (Å²) in [4.78, 5) is 16.4. The predicted octanol–water partition coefficient (Wildman–Crippen LogP) is 5.39. The zero-order valence-electron chi connectivity index (χ0n) is 13.5. The van der Waals surface area contributed by atoms with E-state index in [0.29, 0.717) is 22.3 Å². The maximum absolute atomic E-state index is 12.9. The van der Waals surface area contributed by atoms with E-state index in [0.717, 1.165) is 11.3 Å². The predicted molar refractivity (Wildman–Crippen MR) is 102 cm³/mol. The van der Waals surface area contributed by atoms with Crippen molar-refractivity contribution in [3.63, 3.8) is 0 Å². The van der Waals surface area contributed by atoms with Crippen LogP contribution in [-0.4, -0.2) is 10.9 Å². The van der Waals surface area contributed by atoms with Gasteiger partial charge in [-0.2, -0.15) is 0 Å². The van der Waals surface area contributed by atoms with Crippen LogP contribution in [0.4, 0.5) is 15.8 Å². The van der Waals surface area contributed by atoms with Gasteiger partial charge in [0.1, 0.15) is 11.5 Å². The maximum atomic E-state index is 12.9. The lowest BCUT2D eigenvalue weighted by atomic mass is 10.2. The molecule has 0 unspecified atom stereocenters. The van der Waals surface area contributed by atoms with E-state index in [-0.39, 0.29) is 11.5 Å². The molecular formula is C19H14Cl2FN3O. The van der Waals surface area contributed by atoms with Crippen molar-refractivity contribution in [1.82, 2.24) is 4.98 Å². The first-order valence-electron chi connectivity index (χ1n) is 7.72. The molecule has 1 heterocycles. The maximum Gasteiger partial charge on any atom is 0.274 e. The zero-order valence-corrected chi connectivity index (χ0v) is 15.0. The molecule has 0 radical (unpaired) electrons. The minimum absolute atomic E-state index is 0.230. The van der Waals surface area contributed by atoms with Gasteiger partial charge >= 0.3 is 0 Å². The monoisotopic (exact) mass is 389 g/mol. The molecule has 7 heteroatoms. The number of halogens is 3. The second-order valence-corrected chi connectivity index (χ2v) is 6.28. The number of amides is 1. The molecule has 2 aromatic carbocycles. The summed E-state index contributed by atoms with van der Waals surface area (Å²) in [5.41, 5.74) is 2.25. The number of pyridine rings is 1. The Kier molecular flexibility index (Phi) is 5.71. The highest BCUT2D eigenvalue weighted by Gasteiger charge is 2.12. The van der Waals surface area contributed by atoms with Crippen LogP contribution in [0.5, 0.6) is 0 Å². The third-order valence-corrected chi connectivity index (χ3v) is 4.24. The number of anilines is 2. The van der Waals surface area contributed by atoms with Crippen LogP contribution in [-0.2, 0) is 6.54 Å². The Morgan fingerprint density at radius 2 is 1.69 bits per heavy atom. The first-order chi connectivity index (χ1) is 12.5. The molecule has 4 nitrogen and oxygen atoms in total. The van der Waals surface area contributed by atoms with Gasteiger partial charge in [0, 0.05) is 6.54 Å². The molecular weight excluding hydrogens is 376 g/mol. The third-order valence-electron chi connectivity index (χ3n) is 3.61. The Morgan fingerprint density at radius 1 is 1.00 bits per heavy atom. The Balaban J connectivity index is 1.63. The largest absolute Gasteiger partial charge is 0.380 e. The van der Waals surface area contributed by atoms with E-state index in [1.54, 1.807) is 48.7 Å². The fourth-order valence-electron chi connectivity index (χ4n) is 2.23. The molecule has 3 aromatic rings. The molecule has 0 fully saturated rings. The topological polar surface area (TPSA) is 54.0 Å². The number of rotatable bonds is 5. The van der Waals surface area contributed by atoms with Crippen molar-refractivity contribution in [3.05, 3.63) is 87.9 Å².